The van der Waals surface area contributed by atoms with Gasteiger partial charge in [0.05, 0.1) is 5.92 Å². The molecular formula is C18H30N4O. The molecule has 0 bridgehead atoms. The summed E-state index contributed by atoms with van der Waals surface area (Å²) in [4.78, 5) is 17.1. The van der Waals surface area contributed by atoms with Crippen LogP contribution in [-0.4, -0.2) is 62.0 Å². The first kappa shape index (κ1) is 17.9. The van der Waals surface area contributed by atoms with Crippen molar-refractivity contribution < 1.29 is 4.79 Å². The van der Waals surface area contributed by atoms with Crippen LogP contribution in [0.15, 0.2) is 30.3 Å². The molecule has 23 heavy (non-hydrogen) atoms. The number of carbonyl (C=O) groups is 1. The summed E-state index contributed by atoms with van der Waals surface area (Å²) in [7, 11) is 2.16. The van der Waals surface area contributed by atoms with Crippen molar-refractivity contribution in [1.29, 1.82) is 0 Å². The van der Waals surface area contributed by atoms with E-state index in [0.29, 0.717) is 0 Å². The highest BCUT2D eigenvalue weighted by atomic mass is 16.1. The molecule has 128 valence electrons. The highest BCUT2D eigenvalue weighted by Gasteiger charge is 2.21. The molecule has 0 spiro atoms. The van der Waals surface area contributed by atoms with Crippen LogP contribution < -0.4 is 11.1 Å². The minimum Gasteiger partial charge on any atom is -0.356 e. The van der Waals surface area contributed by atoms with Crippen LogP contribution in [0.2, 0.25) is 0 Å². The van der Waals surface area contributed by atoms with Gasteiger partial charge in [-0.1, -0.05) is 37.3 Å². The van der Waals surface area contributed by atoms with E-state index in [0.717, 1.165) is 51.3 Å². The molecule has 1 fully saturated rings. The van der Waals surface area contributed by atoms with Gasteiger partial charge in [0.15, 0.2) is 0 Å². The molecule has 1 heterocycles. The number of benzene rings is 1. The number of carbonyl (C=O) groups excluding carboxylic acids is 1. The normalized spacial score (nSPS) is 19.3. The molecule has 1 aromatic carbocycles. The van der Waals surface area contributed by atoms with Crippen LogP contribution in [0.25, 0.3) is 0 Å². The number of nitrogens with two attached hydrogens (primary N) is 1. The minimum absolute atomic E-state index is 0.0414. The highest BCUT2D eigenvalue weighted by Crippen LogP contribution is 2.18. The van der Waals surface area contributed by atoms with E-state index < -0.39 is 0 Å². The summed E-state index contributed by atoms with van der Waals surface area (Å²) in [6, 6.07) is 9.56. The summed E-state index contributed by atoms with van der Waals surface area (Å²) in [5, 5.41) is 3.03. The van der Waals surface area contributed by atoms with Crippen molar-refractivity contribution in [2.24, 2.45) is 11.7 Å². The lowest BCUT2D eigenvalue weighted by Gasteiger charge is -2.32. The number of hydrogen-bond acceptors (Lipinski definition) is 4. The molecule has 2 atom stereocenters. The minimum atomic E-state index is -0.256. The quantitative estimate of drug-likeness (QED) is 0.739. The predicted octanol–water partition coefficient (Wildman–Crippen LogP) is 1.08. The number of likely N-dealkylation sites (N-methyl/N-ethyl adjacent to an activating group) is 1. The molecule has 5 nitrogen and oxygen atoms in total. The summed E-state index contributed by atoms with van der Waals surface area (Å²) in [6.45, 7) is 8.18. The van der Waals surface area contributed by atoms with E-state index in [1.54, 1.807) is 0 Å². The number of rotatable bonds is 7. The molecule has 1 aromatic rings. The fraction of sp³-hybridized carbons (Fsp3) is 0.611. The average Bonchev–Trinajstić information content (AvgIpc) is 2.59. The van der Waals surface area contributed by atoms with E-state index in [1.165, 1.54) is 0 Å². The predicted molar refractivity (Wildman–Crippen MR) is 94.1 cm³/mol. The molecule has 0 aliphatic carbocycles. The maximum absolute atomic E-state index is 12.2. The van der Waals surface area contributed by atoms with Crippen molar-refractivity contribution in [3.05, 3.63) is 35.9 Å². The van der Waals surface area contributed by atoms with E-state index in [4.69, 9.17) is 5.73 Å². The van der Waals surface area contributed by atoms with Gasteiger partial charge >= 0.3 is 0 Å². The molecular weight excluding hydrogens is 288 g/mol. The first-order valence-corrected chi connectivity index (χ1v) is 8.57. The Morgan fingerprint density at radius 3 is 2.52 bits per heavy atom. The largest absolute Gasteiger partial charge is 0.356 e. The standard InChI is InChI=1S/C18H30N4O/c1-15(17(19)16-7-4-3-5-8-16)18(23)20-9-6-10-22-13-11-21(2)12-14-22/h3-5,7-8,15,17H,6,9-14,19H2,1-2H3,(H,20,23). The van der Waals surface area contributed by atoms with Crippen molar-refractivity contribution in [2.75, 3.05) is 46.3 Å². The Bertz CT molecular complexity index is 471. The highest BCUT2D eigenvalue weighted by molar-refractivity contribution is 5.79. The van der Waals surface area contributed by atoms with E-state index in [2.05, 4.69) is 22.2 Å². The van der Waals surface area contributed by atoms with Gasteiger partial charge < -0.3 is 20.9 Å². The molecule has 2 rings (SSSR count). The summed E-state index contributed by atoms with van der Waals surface area (Å²) < 4.78 is 0. The topological polar surface area (TPSA) is 61.6 Å². The van der Waals surface area contributed by atoms with Crippen LogP contribution in [0.4, 0.5) is 0 Å². The fourth-order valence-corrected chi connectivity index (χ4v) is 2.87. The van der Waals surface area contributed by atoms with E-state index in [-0.39, 0.29) is 17.9 Å². The van der Waals surface area contributed by atoms with Gasteiger partial charge in [0.2, 0.25) is 5.91 Å². The van der Waals surface area contributed by atoms with Crippen LogP contribution in [0.3, 0.4) is 0 Å². The second-order valence-corrected chi connectivity index (χ2v) is 6.51. The van der Waals surface area contributed by atoms with Crippen molar-refractivity contribution in [1.82, 2.24) is 15.1 Å². The maximum atomic E-state index is 12.2. The molecule has 5 heteroatoms. The molecule has 1 aliphatic rings. The fourth-order valence-electron chi connectivity index (χ4n) is 2.87. The Kier molecular flexibility index (Phi) is 7.02. The maximum Gasteiger partial charge on any atom is 0.224 e. The molecule has 3 N–H and O–H groups in total. The molecule has 1 aliphatic heterocycles. The van der Waals surface area contributed by atoms with Crippen LogP contribution in [0.5, 0.6) is 0 Å². The number of piperazine rings is 1. The second kappa shape index (κ2) is 9.01. The Hall–Kier alpha value is -1.43. The summed E-state index contributed by atoms with van der Waals surface area (Å²) in [5.74, 6) is -0.180. The van der Waals surface area contributed by atoms with Crippen LogP contribution in [0, 0.1) is 5.92 Å². The van der Waals surface area contributed by atoms with Crippen LogP contribution in [-0.2, 0) is 4.79 Å². The Morgan fingerprint density at radius 2 is 1.87 bits per heavy atom. The van der Waals surface area contributed by atoms with Gasteiger partial charge in [-0.15, -0.1) is 0 Å². The lowest BCUT2D eigenvalue weighted by atomic mass is 9.95. The number of hydrogen-bond donors (Lipinski definition) is 2. The lowest BCUT2D eigenvalue weighted by Crippen LogP contribution is -2.45. The van der Waals surface area contributed by atoms with Gasteiger partial charge in [0.1, 0.15) is 0 Å². The summed E-state index contributed by atoms with van der Waals surface area (Å²) >= 11 is 0. The SMILES string of the molecule is CC(C(=O)NCCCN1CCN(C)CC1)C(N)c1ccccc1. The second-order valence-electron chi connectivity index (χ2n) is 6.51. The Morgan fingerprint density at radius 1 is 1.22 bits per heavy atom. The molecule has 2 unspecified atom stereocenters. The molecule has 0 saturated carbocycles. The zero-order valence-corrected chi connectivity index (χ0v) is 14.4. The Balaban J connectivity index is 1.66. The third-order valence-corrected chi connectivity index (χ3v) is 4.68. The zero-order valence-electron chi connectivity index (χ0n) is 14.4. The summed E-state index contributed by atoms with van der Waals surface area (Å²) in [6.07, 6.45) is 0.989. The van der Waals surface area contributed by atoms with E-state index in [1.807, 2.05) is 37.3 Å². The molecule has 0 radical (unpaired) electrons. The number of nitrogens with zero attached hydrogens (tertiary/aromatic N) is 2. The van der Waals surface area contributed by atoms with Crippen molar-refractivity contribution in [3.8, 4) is 0 Å². The van der Waals surface area contributed by atoms with Crippen molar-refractivity contribution in [2.45, 2.75) is 19.4 Å². The number of amides is 1. The molecule has 1 amide bonds. The first-order valence-electron chi connectivity index (χ1n) is 8.57. The number of nitrogens with one attached hydrogen (secondary N) is 1. The van der Waals surface area contributed by atoms with Gasteiger partial charge in [0.25, 0.3) is 0 Å². The van der Waals surface area contributed by atoms with Crippen LogP contribution >= 0.6 is 0 Å². The van der Waals surface area contributed by atoms with Crippen molar-refractivity contribution in [3.63, 3.8) is 0 Å². The van der Waals surface area contributed by atoms with Crippen molar-refractivity contribution >= 4 is 5.91 Å². The van der Waals surface area contributed by atoms with E-state index in [9.17, 15) is 4.79 Å². The zero-order chi connectivity index (χ0) is 16.7. The smallest absolute Gasteiger partial charge is 0.224 e. The third-order valence-electron chi connectivity index (χ3n) is 4.68. The third kappa shape index (κ3) is 5.61. The van der Waals surface area contributed by atoms with Gasteiger partial charge in [-0.05, 0) is 25.6 Å². The molecule has 0 aromatic heterocycles. The van der Waals surface area contributed by atoms with E-state index >= 15 is 0 Å². The van der Waals surface area contributed by atoms with Gasteiger partial charge in [0, 0.05) is 38.8 Å². The lowest BCUT2D eigenvalue weighted by molar-refractivity contribution is -0.125. The first-order chi connectivity index (χ1) is 11.1. The van der Waals surface area contributed by atoms with Gasteiger partial charge in [-0.25, -0.2) is 0 Å². The average molecular weight is 318 g/mol. The Labute approximate surface area is 139 Å². The summed E-state index contributed by atoms with van der Waals surface area (Å²) in [5.41, 5.74) is 7.21. The monoisotopic (exact) mass is 318 g/mol. The van der Waals surface area contributed by atoms with Crippen LogP contribution in [0.1, 0.15) is 24.9 Å². The van der Waals surface area contributed by atoms with Gasteiger partial charge in [-0.3, -0.25) is 4.79 Å². The van der Waals surface area contributed by atoms with Gasteiger partial charge in [-0.2, -0.15) is 0 Å². The molecule has 1 saturated heterocycles.